The van der Waals surface area contributed by atoms with E-state index in [2.05, 4.69) is 9.98 Å². The van der Waals surface area contributed by atoms with Crippen molar-refractivity contribution in [2.45, 2.75) is 25.9 Å². The summed E-state index contributed by atoms with van der Waals surface area (Å²) in [5.41, 5.74) is 3.36. The number of pyridine rings is 1. The maximum Gasteiger partial charge on any atom is 0.204 e. The highest BCUT2D eigenvalue weighted by Gasteiger charge is 2.52. The number of rotatable bonds is 1. The van der Waals surface area contributed by atoms with Crippen molar-refractivity contribution < 1.29 is 9.90 Å². The van der Waals surface area contributed by atoms with Crippen molar-refractivity contribution in [1.29, 1.82) is 0 Å². The van der Waals surface area contributed by atoms with Crippen molar-refractivity contribution >= 4 is 33.9 Å². The van der Waals surface area contributed by atoms with Gasteiger partial charge in [-0.25, -0.2) is 4.99 Å². The van der Waals surface area contributed by atoms with Crippen LogP contribution in [0.4, 0.5) is 11.4 Å². The zero-order chi connectivity index (χ0) is 18.8. The zero-order valence-electron chi connectivity index (χ0n) is 15.2. The lowest BCUT2D eigenvalue weighted by molar-refractivity contribution is 0.0602. The summed E-state index contributed by atoms with van der Waals surface area (Å²) in [6.45, 7) is 4.44. The Labute approximate surface area is 157 Å². The van der Waals surface area contributed by atoms with Crippen molar-refractivity contribution in [3.05, 3.63) is 65.4 Å². The van der Waals surface area contributed by atoms with Crippen LogP contribution in [-0.4, -0.2) is 33.9 Å². The van der Waals surface area contributed by atoms with Crippen LogP contribution in [0.15, 0.2) is 53.5 Å². The lowest BCUT2D eigenvalue weighted by Crippen LogP contribution is -2.48. The molecule has 1 atom stereocenters. The van der Waals surface area contributed by atoms with Crippen molar-refractivity contribution in [2.75, 3.05) is 11.4 Å². The molecule has 1 unspecified atom stereocenters. The minimum absolute atomic E-state index is 0.258. The van der Waals surface area contributed by atoms with Crippen molar-refractivity contribution in [1.82, 2.24) is 4.98 Å². The van der Waals surface area contributed by atoms with Gasteiger partial charge in [-0.1, -0.05) is 17.7 Å². The van der Waals surface area contributed by atoms with Crippen LogP contribution in [0.2, 0.25) is 0 Å². The summed E-state index contributed by atoms with van der Waals surface area (Å²) in [6, 6.07) is 15.6. The number of benzene rings is 2. The number of aliphatic hydroxyl groups is 1. The lowest BCUT2D eigenvalue weighted by atomic mass is 9.87. The molecule has 0 amide bonds. The van der Waals surface area contributed by atoms with Crippen LogP contribution in [0.3, 0.4) is 0 Å². The molecule has 5 nitrogen and oxygen atoms in total. The minimum Gasteiger partial charge on any atom is -0.374 e. The number of nitrogens with zero attached hydrogens (tertiary/aromatic N) is 3. The first-order chi connectivity index (χ1) is 13.0. The molecule has 0 saturated carbocycles. The molecular formula is C22H19N3O2. The Balaban J connectivity index is 1.64. The topological polar surface area (TPSA) is 65.8 Å². The first-order valence-corrected chi connectivity index (χ1v) is 9.08. The highest BCUT2D eigenvalue weighted by atomic mass is 16.3. The maximum atomic E-state index is 13.0. The number of fused-ring (bicyclic) bond motifs is 3. The molecule has 0 bridgehead atoms. The van der Waals surface area contributed by atoms with Gasteiger partial charge in [0.1, 0.15) is 5.84 Å². The van der Waals surface area contributed by atoms with E-state index in [1.165, 1.54) is 0 Å². The van der Waals surface area contributed by atoms with E-state index in [1.807, 2.05) is 67.3 Å². The molecule has 2 aliphatic rings. The van der Waals surface area contributed by atoms with E-state index in [4.69, 9.17) is 0 Å². The fourth-order valence-corrected chi connectivity index (χ4v) is 3.98. The number of anilines is 1. The van der Waals surface area contributed by atoms with Crippen LogP contribution in [-0.2, 0) is 0 Å². The smallest absolute Gasteiger partial charge is 0.204 e. The maximum absolute atomic E-state index is 13.0. The van der Waals surface area contributed by atoms with E-state index in [0.717, 1.165) is 27.8 Å². The third kappa shape index (κ3) is 2.32. The zero-order valence-corrected chi connectivity index (χ0v) is 15.2. The third-order valence-electron chi connectivity index (χ3n) is 5.45. The molecular weight excluding hydrogens is 338 g/mol. The second-order valence-electron chi connectivity index (χ2n) is 7.38. The Morgan fingerprint density at radius 1 is 1.07 bits per heavy atom. The Hall–Kier alpha value is -3.05. The van der Waals surface area contributed by atoms with Gasteiger partial charge in [-0.3, -0.25) is 9.78 Å². The molecule has 1 N–H and O–H groups in total. The van der Waals surface area contributed by atoms with E-state index < -0.39 is 5.60 Å². The number of aryl methyl sites for hydroxylation is 2. The van der Waals surface area contributed by atoms with Gasteiger partial charge in [0.25, 0.3) is 0 Å². The van der Waals surface area contributed by atoms with Gasteiger partial charge < -0.3 is 10.0 Å². The van der Waals surface area contributed by atoms with E-state index >= 15 is 0 Å². The largest absolute Gasteiger partial charge is 0.374 e. The summed E-state index contributed by atoms with van der Waals surface area (Å²) >= 11 is 0. The summed E-state index contributed by atoms with van der Waals surface area (Å²) in [4.78, 5) is 24.2. The van der Waals surface area contributed by atoms with Crippen molar-refractivity contribution in [2.24, 2.45) is 4.99 Å². The molecule has 1 aromatic heterocycles. The van der Waals surface area contributed by atoms with Crippen LogP contribution in [0.5, 0.6) is 0 Å². The van der Waals surface area contributed by atoms with Crippen molar-refractivity contribution in [3.8, 4) is 0 Å². The Morgan fingerprint density at radius 2 is 1.93 bits per heavy atom. The van der Waals surface area contributed by atoms with Gasteiger partial charge in [-0.2, -0.15) is 0 Å². The molecule has 5 heteroatoms. The van der Waals surface area contributed by atoms with Gasteiger partial charge in [0.15, 0.2) is 5.60 Å². The molecule has 134 valence electrons. The molecule has 2 aliphatic heterocycles. The number of hydrogen-bond acceptors (Lipinski definition) is 5. The quantitative estimate of drug-likeness (QED) is 0.721. The molecule has 3 aromatic rings. The summed E-state index contributed by atoms with van der Waals surface area (Å²) in [6.07, 6.45) is 0.336. The molecule has 1 fully saturated rings. The fourth-order valence-electron chi connectivity index (χ4n) is 3.98. The summed E-state index contributed by atoms with van der Waals surface area (Å²) in [5, 5.41) is 12.2. The number of Topliss-reactive ketones (excluding diaryl/α,β-unsaturated/α-hetero) is 1. The standard InChI is InChI=1S/C22H19N3O2/c1-13-3-7-19-17(11-13)20(26)22(27)9-10-25(21(22)24-19)16-6-8-18-15(12-16)5-4-14(2)23-18/h3-8,11-12,27H,9-10H2,1-2H3. The van der Waals surface area contributed by atoms with Gasteiger partial charge in [0.05, 0.1) is 11.2 Å². The second kappa shape index (κ2) is 5.47. The predicted molar refractivity (Wildman–Crippen MR) is 106 cm³/mol. The van der Waals surface area contributed by atoms with E-state index in [0.29, 0.717) is 30.1 Å². The Morgan fingerprint density at radius 3 is 2.78 bits per heavy atom. The predicted octanol–water partition coefficient (Wildman–Crippen LogP) is 3.72. The Kier molecular flexibility index (Phi) is 3.27. The van der Waals surface area contributed by atoms with Gasteiger partial charge in [0.2, 0.25) is 5.78 Å². The summed E-state index contributed by atoms with van der Waals surface area (Å²) < 4.78 is 0. The fraction of sp³-hybridized carbons (Fsp3) is 0.227. The van der Waals surface area contributed by atoms with E-state index in [1.54, 1.807) is 0 Å². The average Bonchev–Trinajstić information content (AvgIpc) is 3.00. The Bertz CT molecular complexity index is 1150. The van der Waals surface area contributed by atoms with Crippen LogP contribution in [0.1, 0.15) is 28.0 Å². The molecule has 3 heterocycles. The second-order valence-corrected chi connectivity index (χ2v) is 7.38. The lowest BCUT2D eigenvalue weighted by Gasteiger charge is -2.30. The molecule has 0 radical (unpaired) electrons. The van der Waals surface area contributed by atoms with Gasteiger partial charge >= 0.3 is 0 Å². The molecule has 0 aliphatic carbocycles. The number of amidine groups is 1. The van der Waals surface area contributed by atoms with E-state index in [-0.39, 0.29) is 5.78 Å². The number of aromatic nitrogens is 1. The first-order valence-electron chi connectivity index (χ1n) is 9.08. The van der Waals surface area contributed by atoms with Crippen LogP contribution < -0.4 is 4.90 Å². The summed E-state index contributed by atoms with van der Waals surface area (Å²) in [5.74, 6) is 0.162. The molecule has 0 spiro atoms. The molecule has 5 rings (SSSR count). The average molecular weight is 357 g/mol. The number of ketones is 1. The SMILES string of the molecule is Cc1ccc2c(c1)C(=O)C1(O)CCN(c3ccc4nc(C)ccc4c3)C1=N2. The third-order valence-corrected chi connectivity index (χ3v) is 5.45. The molecule has 1 saturated heterocycles. The number of carbonyl (C=O) groups excluding carboxylic acids is 1. The van der Waals surface area contributed by atoms with E-state index in [9.17, 15) is 9.90 Å². The first kappa shape index (κ1) is 16.1. The number of aliphatic imine (C=N–C) groups is 1. The minimum atomic E-state index is -1.55. The molecule has 27 heavy (non-hydrogen) atoms. The van der Waals surface area contributed by atoms with Crippen LogP contribution >= 0.6 is 0 Å². The number of hydrogen-bond donors (Lipinski definition) is 1. The van der Waals surface area contributed by atoms with Gasteiger partial charge in [0, 0.05) is 35.3 Å². The molecule has 2 aromatic carbocycles. The van der Waals surface area contributed by atoms with Crippen molar-refractivity contribution in [3.63, 3.8) is 0 Å². The van der Waals surface area contributed by atoms with Crippen LogP contribution in [0, 0.1) is 13.8 Å². The van der Waals surface area contributed by atoms with Crippen LogP contribution in [0.25, 0.3) is 10.9 Å². The number of carbonyl (C=O) groups is 1. The monoisotopic (exact) mass is 357 g/mol. The highest BCUT2D eigenvalue weighted by molar-refractivity contribution is 6.28. The van der Waals surface area contributed by atoms with Gasteiger partial charge in [-0.15, -0.1) is 0 Å². The highest BCUT2D eigenvalue weighted by Crippen LogP contribution is 2.40. The normalized spacial score (nSPS) is 21.2. The summed E-state index contributed by atoms with van der Waals surface area (Å²) in [7, 11) is 0. The van der Waals surface area contributed by atoms with Gasteiger partial charge in [-0.05, 0) is 50.2 Å².